The number of halogens is 2. The zero-order chi connectivity index (χ0) is 20.8. The lowest BCUT2D eigenvalue weighted by molar-refractivity contribution is -0.512. The Morgan fingerprint density at radius 2 is 1.64 bits per heavy atom. The van der Waals surface area contributed by atoms with Gasteiger partial charge in [-0.1, -0.05) is 0 Å². The second kappa shape index (κ2) is 6.75. The largest absolute Gasteiger partial charge is 0.805 e. The highest BCUT2D eigenvalue weighted by molar-refractivity contribution is 7.91. The third-order valence-electron chi connectivity index (χ3n) is 4.17. The van der Waals surface area contributed by atoms with Crippen LogP contribution in [0.3, 0.4) is 0 Å². The second-order valence-corrected chi connectivity index (χ2v) is 7.62. The quantitative estimate of drug-likeness (QED) is 0.610. The molecule has 0 bridgehead atoms. The van der Waals surface area contributed by atoms with E-state index in [0.717, 1.165) is 13.0 Å². The Hall–Kier alpha value is -3.21. The first kappa shape index (κ1) is 19.5. The minimum Gasteiger partial charge on any atom is -0.805 e. The smallest absolute Gasteiger partial charge is 0.376 e. The third-order valence-corrected chi connectivity index (χ3v) is 6.02. The maximum absolute atomic E-state index is 13.6. The molecule has 3 rings (SSSR count). The van der Waals surface area contributed by atoms with Crippen LogP contribution in [0.4, 0.5) is 8.78 Å². The van der Waals surface area contributed by atoms with Crippen molar-refractivity contribution in [1.82, 2.24) is 4.73 Å². The van der Waals surface area contributed by atoms with Gasteiger partial charge in [0.1, 0.15) is 11.2 Å². The molecule has 148 valence electrons. The molecule has 0 radical (unpaired) electrons. The molecular weight excluding hydrogens is 398 g/mol. The van der Waals surface area contributed by atoms with E-state index in [1.807, 2.05) is 0 Å². The highest BCUT2D eigenvalue weighted by atomic mass is 32.2. The minimum atomic E-state index is -4.52. The zero-order valence-electron chi connectivity index (χ0n) is 14.9. The molecule has 0 saturated heterocycles. The van der Waals surface area contributed by atoms with Crippen LogP contribution < -0.4 is 13.9 Å². The number of methoxy groups -OCH3 is 2. The van der Waals surface area contributed by atoms with Crippen LogP contribution >= 0.6 is 0 Å². The maximum Gasteiger partial charge on any atom is 0.376 e. The molecule has 8 nitrogen and oxygen atoms in total. The normalized spacial score (nSPS) is 11.6. The van der Waals surface area contributed by atoms with Crippen molar-refractivity contribution in [3.8, 4) is 11.5 Å². The van der Waals surface area contributed by atoms with Gasteiger partial charge in [0.2, 0.25) is 0 Å². The van der Waals surface area contributed by atoms with Gasteiger partial charge in [0.05, 0.1) is 29.6 Å². The summed E-state index contributed by atoms with van der Waals surface area (Å²) >= 11 is 0. The molecule has 28 heavy (non-hydrogen) atoms. The van der Waals surface area contributed by atoms with E-state index in [0.29, 0.717) is 12.1 Å². The summed E-state index contributed by atoms with van der Waals surface area (Å²) in [5, 5.41) is 11.5. The topological polar surface area (TPSA) is 104 Å². The van der Waals surface area contributed by atoms with E-state index >= 15 is 0 Å². The molecule has 3 aromatic rings. The summed E-state index contributed by atoms with van der Waals surface area (Å²) in [7, 11) is -1.86. The van der Waals surface area contributed by atoms with Crippen molar-refractivity contribution < 1.29 is 31.1 Å². The summed E-state index contributed by atoms with van der Waals surface area (Å²) in [5.74, 6) is -2.40. The van der Waals surface area contributed by atoms with Gasteiger partial charge >= 0.3 is 5.03 Å². The van der Waals surface area contributed by atoms with E-state index in [1.165, 1.54) is 26.4 Å². The molecule has 0 unspecified atom stereocenters. The fourth-order valence-electron chi connectivity index (χ4n) is 2.77. The lowest BCUT2D eigenvalue weighted by Crippen LogP contribution is -2.30. The predicted molar refractivity (Wildman–Crippen MR) is 93.7 cm³/mol. The van der Waals surface area contributed by atoms with Crippen molar-refractivity contribution in [3.05, 3.63) is 57.8 Å². The molecule has 2 aromatic carbocycles. The second-order valence-electron chi connectivity index (χ2n) is 5.75. The molecular formula is C17H14F2N2O6S. The van der Waals surface area contributed by atoms with Gasteiger partial charge in [-0.05, 0) is 19.1 Å². The van der Waals surface area contributed by atoms with Gasteiger partial charge in [-0.3, -0.25) is 0 Å². The predicted octanol–water partition coefficient (Wildman–Crippen LogP) is 2.34. The number of aromatic nitrogens is 2. The molecule has 0 fully saturated rings. The molecule has 0 aliphatic rings. The highest BCUT2D eigenvalue weighted by Crippen LogP contribution is 2.32. The number of fused-ring (bicyclic) bond motifs is 1. The molecule has 0 amide bonds. The Bertz CT molecular complexity index is 1270. The summed E-state index contributed by atoms with van der Waals surface area (Å²) in [6.45, 7) is 1.09. The van der Waals surface area contributed by atoms with E-state index < -0.39 is 43.2 Å². The SMILES string of the molecule is COc1ccc(S(=O)(=O)c2c(C)n([O-])c3cc(F)c(F)cc3[n+]2=O)cc1OC. The molecule has 1 heterocycles. The van der Waals surface area contributed by atoms with E-state index in [4.69, 9.17) is 9.47 Å². The summed E-state index contributed by atoms with van der Waals surface area (Å²) in [6.07, 6.45) is 0. The van der Waals surface area contributed by atoms with Crippen LogP contribution in [0, 0.1) is 28.7 Å². The lowest BCUT2D eigenvalue weighted by atomic mass is 10.2. The lowest BCUT2D eigenvalue weighted by Gasteiger charge is -2.17. The highest BCUT2D eigenvalue weighted by Gasteiger charge is 2.35. The molecule has 1 aromatic heterocycles. The summed E-state index contributed by atoms with van der Waals surface area (Å²) in [4.78, 5) is 12.4. The number of ether oxygens (including phenoxy) is 2. The van der Waals surface area contributed by atoms with E-state index in [1.54, 1.807) is 0 Å². The number of hydrogen-bond donors (Lipinski definition) is 0. The Balaban J connectivity index is 2.37. The van der Waals surface area contributed by atoms with Crippen molar-refractivity contribution >= 4 is 20.9 Å². The van der Waals surface area contributed by atoms with Crippen molar-refractivity contribution in [2.24, 2.45) is 0 Å². The number of hydrogen-bond acceptors (Lipinski definition) is 6. The number of benzene rings is 2. The summed E-state index contributed by atoms with van der Waals surface area (Å²) in [5.41, 5.74) is -1.63. The molecule has 0 aliphatic heterocycles. The molecule has 0 atom stereocenters. The van der Waals surface area contributed by atoms with Crippen LogP contribution in [0.1, 0.15) is 5.69 Å². The molecule has 0 aliphatic carbocycles. The Kier molecular flexibility index (Phi) is 4.71. The standard InChI is InChI=1S/C17H14F2N2O6S/c1-9-17(21(23)14-8-12(19)11(18)7-13(14)20(9)22)28(24,25)10-4-5-15(26-2)16(6-10)27-3/h4-8H,1-3H3. The van der Waals surface area contributed by atoms with Gasteiger partial charge in [0.15, 0.2) is 23.1 Å². The zero-order valence-corrected chi connectivity index (χ0v) is 15.7. The van der Waals surface area contributed by atoms with E-state index in [-0.39, 0.29) is 25.6 Å². The Morgan fingerprint density at radius 1 is 1.04 bits per heavy atom. The summed E-state index contributed by atoms with van der Waals surface area (Å²) < 4.78 is 63.2. The summed E-state index contributed by atoms with van der Waals surface area (Å²) in [6, 6.07) is 4.61. The number of sulfone groups is 1. The van der Waals surface area contributed by atoms with Gasteiger partial charge < -0.3 is 19.4 Å². The van der Waals surface area contributed by atoms with Crippen molar-refractivity contribution in [2.75, 3.05) is 14.2 Å². The van der Waals surface area contributed by atoms with E-state index in [9.17, 15) is 27.3 Å². The average Bonchev–Trinajstić information content (AvgIpc) is 2.67. The minimum absolute atomic E-state index is 0.0693. The van der Waals surface area contributed by atoms with Gasteiger partial charge in [0.25, 0.3) is 15.4 Å². The first-order valence-electron chi connectivity index (χ1n) is 7.75. The van der Waals surface area contributed by atoms with Crippen LogP contribution in [0.2, 0.25) is 0 Å². The first-order valence-corrected chi connectivity index (χ1v) is 9.23. The number of rotatable bonds is 4. The van der Waals surface area contributed by atoms with Gasteiger partial charge in [-0.2, -0.15) is 0 Å². The monoisotopic (exact) mass is 412 g/mol. The van der Waals surface area contributed by atoms with Gasteiger partial charge in [-0.15, -0.1) is 0 Å². The van der Waals surface area contributed by atoms with Crippen LogP contribution in [0.15, 0.2) is 40.3 Å². The van der Waals surface area contributed by atoms with Crippen molar-refractivity contribution in [1.29, 1.82) is 0 Å². The maximum atomic E-state index is 13.6. The molecule has 0 saturated carbocycles. The van der Waals surface area contributed by atoms with Crippen LogP contribution in [0.25, 0.3) is 11.0 Å². The van der Waals surface area contributed by atoms with Crippen LogP contribution in [-0.4, -0.2) is 27.4 Å². The average molecular weight is 412 g/mol. The van der Waals surface area contributed by atoms with Crippen LogP contribution in [0.5, 0.6) is 11.5 Å². The third kappa shape index (κ3) is 2.83. The van der Waals surface area contributed by atoms with E-state index in [2.05, 4.69) is 0 Å². The van der Waals surface area contributed by atoms with Crippen molar-refractivity contribution in [3.63, 3.8) is 0 Å². The number of nitrogens with zero attached hydrogens (tertiary/aromatic N) is 2. The van der Waals surface area contributed by atoms with Gasteiger partial charge in [0, 0.05) is 17.0 Å². The van der Waals surface area contributed by atoms with Gasteiger partial charge in [-0.25, -0.2) is 17.2 Å². The fourth-order valence-corrected chi connectivity index (χ4v) is 4.30. The fraction of sp³-hybridized carbons (Fsp3) is 0.176. The first-order chi connectivity index (χ1) is 13.1. The Morgan fingerprint density at radius 3 is 2.25 bits per heavy atom. The molecule has 0 spiro atoms. The Labute approximate surface area is 157 Å². The molecule has 0 N–H and O–H groups in total. The molecule has 11 heteroatoms. The van der Waals surface area contributed by atoms with Crippen LogP contribution in [-0.2, 0) is 9.84 Å². The van der Waals surface area contributed by atoms with Crippen molar-refractivity contribution in [2.45, 2.75) is 16.8 Å².